The van der Waals surface area contributed by atoms with E-state index in [4.69, 9.17) is 9.47 Å². The van der Waals surface area contributed by atoms with Crippen molar-refractivity contribution < 1.29 is 32.1 Å². The highest BCUT2D eigenvalue weighted by atomic mass is 19.4. The van der Waals surface area contributed by atoms with Crippen LogP contribution in [0.5, 0.6) is 5.88 Å². The van der Waals surface area contributed by atoms with E-state index in [-0.39, 0.29) is 37.1 Å². The molecule has 3 aromatic rings. The van der Waals surface area contributed by atoms with Crippen LogP contribution in [0.15, 0.2) is 65.5 Å². The second kappa shape index (κ2) is 14.5. The number of hydrazone groups is 1. The summed E-state index contributed by atoms with van der Waals surface area (Å²) in [7, 11) is 1.86. The van der Waals surface area contributed by atoms with Crippen molar-refractivity contribution in [2.24, 2.45) is 24.0 Å². The van der Waals surface area contributed by atoms with Crippen molar-refractivity contribution in [3.8, 4) is 5.88 Å². The first-order valence-corrected chi connectivity index (χ1v) is 16.1. The molecule has 2 aromatic heterocycles. The van der Waals surface area contributed by atoms with Crippen LogP contribution in [0.2, 0.25) is 0 Å². The van der Waals surface area contributed by atoms with E-state index in [9.17, 15) is 18.0 Å². The van der Waals surface area contributed by atoms with Crippen LogP contribution in [0, 0.1) is 11.8 Å². The van der Waals surface area contributed by atoms with E-state index in [1.807, 2.05) is 52.8 Å². The molecule has 47 heavy (non-hydrogen) atoms. The highest BCUT2D eigenvalue weighted by Crippen LogP contribution is 2.38. The summed E-state index contributed by atoms with van der Waals surface area (Å²) in [6.45, 7) is 0.241. The van der Waals surface area contributed by atoms with Gasteiger partial charge in [0.2, 0.25) is 12.1 Å². The fourth-order valence-corrected chi connectivity index (χ4v) is 6.55. The quantitative estimate of drug-likeness (QED) is 0.264. The SMILES string of the molecule is Cn1c(COc2cc(C(F)(F)F)ccn2)nnc1C1CCC(C2=C/[N+](=C\C3CCC(NC(=O)OCc4ccccc4)CC3)N=C2)CC1. The zero-order valence-electron chi connectivity index (χ0n) is 26.3. The monoisotopic (exact) mass is 650 g/mol. The Morgan fingerprint density at radius 3 is 2.49 bits per heavy atom. The molecule has 3 aliphatic rings. The standard InChI is InChI=1S/C34H38F3N7O3/c1-43-30(22-46-31-17-28(15-16-38-31)34(35,36)37)41-42-32(43)26-11-9-25(10-12-26)27-18-39-44(20-27)19-23-7-13-29(14-8-23)40-33(45)47-21-24-5-3-2-4-6-24/h2-6,15-20,23,25-26,29H,7-14,21-22H2,1H3/p+1/b44-19+. The summed E-state index contributed by atoms with van der Waals surface area (Å²) in [6.07, 6.45) is 10.2. The summed E-state index contributed by atoms with van der Waals surface area (Å²) in [5.74, 6) is 2.34. The first-order chi connectivity index (χ1) is 22.7. The van der Waals surface area contributed by atoms with Crippen molar-refractivity contribution in [3.05, 3.63) is 83.2 Å². The molecule has 1 aromatic carbocycles. The molecule has 0 bridgehead atoms. The summed E-state index contributed by atoms with van der Waals surface area (Å²) in [5, 5.41) is 16.3. The van der Waals surface area contributed by atoms with Gasteiger partial charge in [0.1, 0.15) is 25.3 Å². The molecule has 0 saturated heterocycles. The molecule has 1 aliphatic heterocycles. The fourth-order valence-electron chi connectivity index (χ4n) is 6.55. The summed E-state index contributed by atoms with van der Waals surface area (Å²) in [5.41, 5.74) is 1.39. The Morgan fingerprint density at radius 2 is 1.74 bits per heavy atom. The summed E-state index contributed by atoms with van der Waals surface area (Å²) < 4.78 is 53.7. The Labute approximate surface area is 271 Å². The number of halogens is 3. The van der Waals surface area contributed by atoms with Gasteiger partial charge in [-0.05, 0) is 74.0 Å². The number of pyridine rings is 1. The van der Waals surface area contributed by atoms with Gasteiger partial charge in [-0.3, -0.25) is 0 Å². The third kappa shape index (κ3) is 8.44. The van der Waals surface area contributed by atoms with Crippen LogP contribution >= 0.6 is 0 Å². The van der Waals surface area contributed by atoms with Gasteiger partial charge in [-0.15, -0.1) is 10.2 Å². The molecule has 0 spiro atoms. The van der Waals surface area contributed by atoms with E-state index in [1.165, 1.54) is 5.57 Å². The number of benzene rings is 1. The Hall–Kier alpha value is -4.55. The van der Waals surface area contributed by atoms with Crippen molar-refractivity contribution in [1.82, 2.24) is 25.1 Å². The van der Waals surface area contributed by atoms with Crippen molar-refractivity contribution in [1.29, 1.82) is 0 Å². The van der Waals surface area contributed by atoms with Gasteiger partial charge >= 0.3 is 12.3 Å². The predicted octanol–water partition coefficient (Wildman–Crippen LogP) is 6.53. The summed E-state index contributed by atoms with van der Waals surface area (Å²) in [4.78, 5) is 16.1. The first-order valence-electron chi connectivity index (χ1n) is 16.1. The van der Waals surface area contributed by atoms with Crippen LogP contribution in [-0.2, 0) is 31.2 Å². The van der Waals surface area contributed by atoms with Gasteiger partial charge in [0.15, 0.2) is 12.0 Å². The Kier molecular flexibility index (Phi) is 9.98. The number of hydrogen-bond donors (Lipinski definition) is 1. The van der Waals surface area contributed by atoms with E-state index in [2.05, 4.69) is 38.0 Å². The molecular weight excluding hydrogens is 611 g/mol. The smallest absolute Gasteiger partial charge is 0.416 e. The Morgan fingerprint density at radius 1 is 1.00 bits per heavy atom. The third-order valence-electron chi connectivity index (χ3n) is 9.27. The summed E-state index contributed by atoms with van der Waals surface area (Å²) in [6, 6.07) is 11.6. The number of alkyl halides is 3. The fraction of sp³-hybridized carbons (Fsp3) is 0.471. The number of rotatable bonds is 9. The average molecular weight is 651 g/mol. The van der Waals surface area contributed by atoms with E-state index >= 15 is 0 Å². The normalized spacial score (nSPS) is 23.8. The van der Waals surface area contributed by atoms with E-state index in [0.29, 0.717) is 17.7 Å². The average Bonchev–Trinajstić information content (AvgIpc) is 3.70. The maximum atomic E-state index is 13.0. The van der Waals surface area contributed by atoms with Gasteiger partial charge in [-0.1, -0.05) is 35.0 Å². The maximum absolute atomic E-state index is 13.0. The Bertz CT molecular complexity index is 1620. The topological polar surface area (TPSA) is 107 Å². The molecule has 0 atom stereocenters. The number of nitrogens with one attached hydrogen (secondary N) is 1. The van der Waals surface area contributed by atoms with E-state index in [0.717, 1.165) is 81.1 Å². The molecule has 248 valence electrons. The van der Waals surface area contributed by atoms with Crippen LogP contribution in [0.1, 0.15) is 80.1 Å². The van der Waals surface area contributed by atoms with Gasteiger partial charge in [0.25, 0.3) is 0 Å². The second-order valence-electron chi connectivity index (χ2n) is 12.5. The molecule has 3 heterocycles. The van der Waals surface area contributed by atoms with E-state index in [1.54, 1.807) is 0 Å². The number of alkyl carbamates (subject to hydrolysis) is 1. The second-order valence-corrected chi connectivity index (χ2v) is 12.5. The molecular formula is C34H39F3N7O3+. The van der Waals surface area contributed by atoms with Crippen molar-refractivity contribution in [3.63, 3.8) is 0 Å². The highest BCUT2D eigenvalue weighted by Gasteiger charge is 2.32. The number of amides is 1. The number of carbonyl (C=O) groups excluding carboxylic acids is 1. The van der Waals surface area contributed by atoms with Gasteiger partial charge in [-0.25, -0.2) is 9.78 Å². The van der Waals surface area contributed by atoms with Crippen LogP contribution in [0.4, 0.5) is 18.0 Å². The lowest BCUT2D eigenvalue weighted by molar-refractivity contribution is -0.455. The molecule has 2 aliphatic carbocycles. The minimum Gasteiger partial charge on any atom is -0.469 e. The molecule has 10 nitrogen and oxygen atoms in total. The number of nitrogens with zero attached hydrogens (tertiary/aromatic N) is 6. The number of aromatic nitrogens is 4. The largest absolute Gasteiger partial charge is 0.469 e. The minimum absolute atomic E-state index is 0.0255. The van der Waals surface area contributed by atoms with Crippen LogP contribution < -0.4 is 10.1 Å². The predicted molar refractivity (Wildman–Crippen MR) is 168 cm³/mol. The third-order valence-corrected chi connectivity index (χ3v) is 9.27. The van der Waals surface area contributed by atoms with Gasteiger partial charge in [-0.2, -0.15) is 13.2 Å². The van der Waals surface area contributed by atoms with Crippen molar-refractivity contribution in [2.75, 3.05) is 0 Å². The number of ether oxygens (including phenoxy) is 2. The Balaban J connectivity index is 0.938. The number of hydrogen-bond acceptors (Lipinski definition) is 7. The molecule has 0 radical (unpaired) electrons. The van der Waals surface area contributed by atoms with Gasteiger partial charge < -0.3 is 19.4 Å². The van der Waals surface area contributed by atoms with Gasteiger partial charge in [0.05, 0.1) is 5.56 Å². The molecule has 2 fully saturated rings. The zero-order chi connectivity index (χ0) is 32.8. The first kappa shape index (κ1) is 32.4. The molecule has 13 heteroatoms. The van der Waals surface area contributed by atoms with Crippen LogP contribution in [-0.4, -0.2) is 49.0 Å². The molecule has 2 saturated carbocycles. The van der Waals surface area contributed by atoms with Crippen molar-refractivity contribution >= 4 is 18.5 Å². The van der Waals surface area contributed by atoms with Crippen LogP contribution in [0.25, 0.3) is 0 Å². The molecule has 6 rings (SSSR count). The number of carbonyl (C=O) groups is 1. The minimum atomic E-state index is -4.46. The number of allylic oxidation sites excluding steroid dienone is 1. The molecule has 0 unspecified atom stereocenters. The van der Waals surface area contributed by atoms with Crippen molar-refractivity contribution in [2.45, 2.75) is 82.7 Å². The van der Waals surface area contributed by atoms with Gasteiger partial charge in [0, 0.05) is 42.8 Å². The zero-order valence-corrected chi connectivity index (χ0v) is 26.3. The lowest BCUT2D eigenvalue weighted by atomic mass is 9.78. The lowest BCUT2D eigenvalue weighted by Crippen LogP contribution is -2.38. The highest BCUT2D eigenvalue weighted by molar-refractivity contribution is 5.80. The molecule has 1 amide bonds. The van der Waals surface area contributed by atoms with E-state index < -0.39 is 11.7 Å². The van der Waals surface area contributed by atoms with Crippen LogP contribution in [0.3, 0.4) is 0 Å². The summed E-state index contributed by atoms with van der Waals surface area (Å²) >= 11 is 0. The maximum Gasteiger partial charge on any atom is 0.416 e. The molecule has 1 N–H and O–H groups in total. The lowest BCUT2D eigenvalue weighted by Gasteiger charge is -2.27.